The average molecular weight is 290 g/mol. The first kappa shape index (κ1) is 18.6. The number of hydrogen-bond acceptors (Lipinski definition) is 4. The monoisotopic (exact) mass is 290 g/mol. The van der Waals surface area contributed by atoms with Crippen molar-refractivity contribution in [2.45, 2.75) is 58.5 Å². The molecule has 0 aromatic carbocycles. The largest absolute Gasteiger partial charge is 0.341 e. The average Bonchev–Trinajstić information content (AvgIpc) is 2.36. The van der Waals surface area contributed by atoms with Gasteiger partial charge in [-0.25, -0.2) is 0 Å². The van der Waals surface area contributed by atoms with E-state index >= 15 is 0 Å². The van der Waals surface area contributed by atoms with Crippen LogP contribution in [-0.2, 0) is 18.4 Å². The summed E-state index contributed by atoms with van der Waals surface area (Å²) in [5, 5.41) is 0. The maximum atomic E-state index is 12.7. The summed E-state index contributed by atoms with van der Waals surface area (Å²) in [5.74, 6) is -0.0430. The number of allylic oxidation sites excluding steroid dienone is 1. The zero-order valence-corrected chi connectivity index (χ0v) is 13.3. The molecule has 0 aromatic rings. The summed E-state index contributed by atoms with van der Waals surface area (Å²) < 4.78 is 23.2. The van der Waals surface area contributed by atoms with Gasteiger partial charge in [0.1, 0.15) is 11.4 Å². The fraction of sp³-hybridized carbons (Fsp3) is 0.786. The van der Waals surface area contributed by atoms with Gasteiger partial charge in [-0.05, 0) is 26.7 Å². The molecule has 0 fully saturated rings. The molecule has 0 heterocycles. The summed E-state index contributed by atoms with van der Waals surface area (Å²) in [5.41, 5.74) is -0.707. The normalized spacial score (nSPS) is 13.2. The summed E-state index contributed by atoms with van der Waals surface area (Å²) in [4.78, 5) is 12.2. The van der Waals surface area contributed by atoms with E-state index in [-0.39, 0.29) is 19.0 Å². The third-order valence-corrected chi connectivity index (χ3v) is 5.29. The van der Waals surface area contributed by atoms with Crippen LogP contribution in [0.1, 0.15) is 52.9 Å². The molecule has 0 radical (unpaired) electrons. The Labute approximate surface area is 117 Å². The van der Waals surface area contributed by atoms with E-state index in [1.165, 1.54) is 0 Å². The van der Waals surface area contributed by atoms with Gasteiger partial charge in [0, 0.05) is 6.42 Å². The van der Waals surface area contributed by atoms with E-state index in [9.17, 15) is 9.36 Å². The van der Waals surface area contributed by atoms with Gasteiger partial charge in [-0.3, -0.25) is 9.36 Å². The van der Waals surface area contributed by atoms with Crippen molar-refractivity contribution in [1.29, 1.82) is 0 Å². The molecule has 0 aliphatic carbocycles. The lowest BCUT2D eigenvalue weighted by Crippen LogP contribution is -2.23. The van der Waals surface area contributed by atoms with Gasteiger partial charge in [0.15, 0.2) is 0 Å². The Morgan fingerprint density at radius 1 is 1.21 bits per heavy atom. The number of Topliss-reactive ketones (excluding diaryl/α,β-unsaturated/α-hetero) is 1. The fourth-order valence-corrected chi connectivity index (χ4v) is 3.93. The van der Waals surface area contributed by atoms with Crippen LogP contribution in [0.5, 0.6) is 0 Å². The van der Waals surface area contributed by atoms with Crippen LogP contribution >= 0.6 is 7.60 Å². The van der Waals surface area contributed by atoms with Gasteiger partial charge in [-0.15, -0.1) is 6.58 Å². The van der Waals surface area contributed by atoms with E-state index in [1.807, 2.05) is 0 Å². The van der Waals surface area contributed by atoms with Crippen LogP contribution in [0.3, 0.4) is 0 Å². The van der Waals surface area contributed by atoms with Gasteiger partial charge in [0.05, 0.1) is 13.2 Å². The smallest absolute Gasteiger partial charge is 0.308 e. The molecule has 0 aliphatic heterocycles. The summed E-state index contributed by atoms with van der Waals surface area (Å²) in [6, 6.07) is 0. The highest BCUT2D eigenvalue weighted by Crippen LogP contribution is 2.55. The molecule has 112 valence electrons. The quantitative estimate of drug-likeness (QED) is 0.305. The zero-order valence-electron chi connectivity index (χ0n) is 12.4. The number of unbranched alkanes of at least 4 members (excludes halogenated alkanes) is 2. The van der Waals surface area contributed by atoms with Gasteiger partial charge in [0.2, 0.25) is 0 Å². The molecule has 4 nitrogen and oxygen atoms in total. The zero-order chi connectivity index (χ0) is 14.7. The minimum atomic E-state index is -3.37. The van der Waals surface area contributed by atoms with Crippen molar-refractivity contribution in [3.63, 3.8) is 0 Å². The Bertz CT molecular complexity index is 305. The minimum absolute atomic E-state index is 0.0430. The van der Waals surface area contributed by atoms with E-state index in [0.717, 1.165) is 19.3 Å². The standard InChI is InChI=1S/C14H27O4P/c1-5-9-10-12-13(15)14(11-6-2)19(16,17-7-3)18-8-4/h6,14H,2,5,7-12H2,1,3-4H3. The molecule has 0 aromatic heterocycles. The summed E-state index contributed by atoms with van der Waals surface area (Å²) in [6.07, 6.45) is 5.24. The van der Waals surface area contributed by atoms with Crippen molar-refractivity contribution in [3.05, 3.63) is 12.7 Å². The molecule has 1 unspecified atom stereocenters. The molecule has 0 spiro atoms. The molecule has 0 N–H and O–H groups in total. The van der Waals surface area contributed by atoms with Gasteiger partial charge in [-0.1, -0.05) is 25.8 Å². The molecule has 0 rings (SSSR count). The van der Waals surface area contributed by atoms with Crippen LogP contribution in [0.4, 0.5) is 0 Å². The molecule has 19 heavy (non-hydrogen) atoms. The van der Waals surface area contributed by atoms with Crippen LogP contribution in [0, 0.1) is 0 Å². The third-order valence-electron chi connectivity index (χ3n) is 2.79. The van der Waals surface area contributed by atoms with E-state index < -0.39 is 13.3 Å². The number of ketones is 1. The van der Waals surface area contributed by atoms with Gasteiger partial charge in [0.25, 0.3) is 0 Å². The number of carbonyl (C=O) groups is 1. The molecular weight excluding hydrogens is 263 g/mol. The number of hydrogen-bond donors (Lipinski definition) is 0. The summed E-state index contributed by atoms with van der Waals surface area (Å²) >= 11 is 0. The molecule has 0 saturated carbocycles. The maximum absolute atomic E-state index is 12.7. The van der Waals surface area contributed by atoms with E-state index in [2.05, 4.69) is 13.5 Å². The summed E-state index contributed by atoms with van der Waals surface area (Å²) in [6.45, 7) is 9.75. The van der Waals surface area contributed by atoms with Crippen LogP contribution < -0.4 is 0 Å². The van der Waals surface area contributed by atoms with Gasteiger partial charge >= 0.3 is 7.60 Å². The predicted octanol–water partition coefficient (Wildman–Crippen LogP) is 4.35. The lowest BCUT2D eigenvalue weighted by molar-refractivity contribution is -0.119. The Morgan fingerprint density at radius 3 is 2.21 bits per heavy atom. The molecule has 0 bridgehead atoms. The first-order valence-electron chi connectivity index (χ1n) is 7.08. The van der Waals surface area contributed by atoms with Crippen LogP contribution in [0.2, 0.25) is 0 Å². The topological polar surface area (TPSA) is 52.6 Å². The third kappa shape index (κ3) is 6.51. The van der Waals surface area contributed by atoms with Crippen LogP contribution in [0.15, 0.2) is 12.7 Å². The van der Waals surface area contributed by atoms with Crippen LogP contribution in [0.25, 0.3) is 0 Å². The Balaban J connectivity index is 4.86. The summed E-state index contributed by atoms with van der Waals surface area (Å²) in [7, 11) is -3.37. The second-order valence-electron chi connectivity index (χ2n) is 4.34. The molecule has 1 atom stereocenters. The van der Waals surface area contributed by atoms with Crippen molar-refractivity contribution in [2.75, 3.05) is 13.2 Å². The highest BCUT2D eigenvalue weighted by molar-refractivity contribution is 7.55. The Hall–Kier alpha value is -0.440. The minimum Gasteiger partial charge on any atom is -0.308 e. The van der Waals surface area contributed by atoms with E-state index in [1.54, 1.807) is 19.9 Å². The first-order chi connectivity index (χ1) is 9.05. The Morgan fingerprint density at radius 2 is 1.79 bits per heavy atom. The highest BCUT2D eigenvalue weighted by atomic mass is 31.2. The van der Waals surface area contributed by atoms with E-state index in [0.29, 0.717) is 12.8 Å². The predicted molar refractivity (Wildman–Crippen MR) is 78.6 cm³/mol. The van der Waals surface area contributed by atoms with Crippen molar-refractivity contribution >= 4 is 13.4 Å². The fourth-order valence-electron chi connectivity index (χ4n) is 1.89. The lowest BCUT2D eigenvalue weighted by atomic mass is 10.1. The first-order valence-corrected chi connectivity index (χ1v) is 8.69. The molecule has 5 heteroatoms. The van der Waals surface area contributed by atoms with Crippen molar-refractivity contribution in [2.24, 2.45) is 0 Å². The van der Waals surface area contributed by atoms with Crippen LogP contribution in [-0.4, -0.2) is 24.7 Å². The molecule has 0 aliphatic rings. The van der Waals surface area contributed by atoms with Crippen molar-refractivity contribution < 1.29 is 18.4 Å². The maximum Gasteiger partial charge on any atom is 0.341 e. The van der Waals surface area contributed by atoms with Crippen molar-refractivity contribution in [3.8, 4) is 0 Å². The molecule has 0 saturated heterocycles. The molecular formula is C14H27O4P. The van der Waals surface area contributed by atoms with E-state index in [4.69, 9.17) is 9.05 Å². The SMILES string of the molecule is C=CCC(C(=O)CCCCC)P(=O)(OCC)OCC. The number of carbonyl (C=O) groups excluding carboxylic acids is 1. The second kappa shape index (κ2) is 10.4. The van der Waals surface area contributed by atoms with Gasteiger partial charge < -0.3 is 9.05 Å². The van der Waals surface area contributed by atoms with Gasteiger partial charge in [-0.2, -0.15) is 0 Å². The lowest BCUT2D eigenvalue weighted by Gasteiger charge is -2.24. The second-order valence-corrected chi connectivity index (χ2v) is 6.56. The Kier molecular flexibility index (Phi) is 10.1. The molecule has 0 amide bonds. The number of rotatable bonds is 12. The highest BCUT2D eigenvalue weighted by Gasteiger charge is 2.39. The van der Waals surface area contributed by atoms with Crippen molar-refractivity contribution in [1.82, 2.24) is 0 Å².